The lowest BCUT2D eigenvalue weighted by Crippen LogP contribution is -2.32. The Bertz CT molecular complexity index is 6310. The normalized spacial score (nSPS) is 14.4. The van der Waals surface area contributed by atoms with E-state index in [0.717, 1.165) is 139 Å². The highest BCUT2D eigenvalue weighted by Crippen LogP contribution is 2.66. The van der Waals surface area contributed by atoms with Gasteiger partial charge in [-0.1, -0.05) is 303 Å². The summed E-state index contributed by atoms with van der Waals surface area (Å²) in [6.45, 7) is 0. The van der Waals surface area contributed by atoms with Gasteiger partial charge >= 0.3 is 0 Å². The number of nitrogens with zero attached hydrogens (tertiary/aromatic N) is 6. The summed E-state index contributed by atoms with van der Waals surface area (Å²) in [5.41, 5.74) is 21.8. The molecule has 102 heavy (non-hydrogen) atoms. The van der Waals surface area contributed by atoms with Gasteiger partial charge in [-0.25, -0.2) is 29.9 Å². The van der Waals surface area contributed by atoms with Crippen molar-refractivity contribution in [1.29, 1.82) is 0 Å². The molecule has 8 heteroatoms. The van der Waals surface area contributed by atoms with Crippen LogP contribution in [0, 0.1) is 0 Å². The van der Waals surface area contributed by atoms with E-state index in [1.807, 2.05) is 36.4 Å². The van der Waals surface area contributed by atoms with E-state index in [4.69, 9.17) is 39.4 Å². The first-order chi connectivity index (χ1) is 50.6. The molecule has 0 fully saturated rings. The van der Waals surface area contributed by atoms with Gasteiger partial charge in [-0.2, -0.15) is 0 Å². The second-order valence-electron chi connectivity index (χ2n) is 26.6. The van der Waals surface area contributed by atoms with Gasteiger partial charge in [0.05, 0.1) is 22.0 Å². The molecule has 2 spiro atoms. The van der Waals surface area contributed by atoms with Crippen LogP contribution in [-0.2, 0) is 10.8 Å². The minimum Gasteiger partial charge on any atom is -0.456 e. The predicted octanol–water partition coefficient (Wildman–Crippen LogP) is 22.6. The van der Waals surface area contributed by atoms with Crippen LogP contribution in [0.4, 0.5) is 0 Å². The Balaban J connectivity index is 0.714. The van der Waals surface area contributed by atoms with Crippen molar-refractivity contribution < 1.29 is 9.47 Å². The molecule has 0 bridgehead atoms. The Labute approximate surface area is 588 Å². The molecular weight excluding hydrogens is 1250 g/mol. The smallest absolute Gasteiger partial charge is 0.167 e. The monoisotopic (exact) mass is 1300 g/mol. The summed E-state index contributed by atoms with van der Waals surface area (Å²) in [7, 11) is 0. The maximum absolute atomic E-state index is 7.34. The van der Waals surface area contributed by atoms with Crippen molar-refractivity contribution in [2.45, 2.75) is 10.8 Å². The predicted molar refractivity (Wildman–Crippen MR) is 406 cm³/mol. The van der Waals surface area contributed by atoms with E-state index in [-0.39, 0.29) is 0 Å². The first-order valence-electron chi connectivity index (χ1n) is 34.6. The van der Waals surface area contributed by atoms with Crippen LogP contribution in [0.25, 0.3) is 134 Å². The number of hydrogen-bond donors (Lipinski definition) is 0. The molecule has 1 atom stereocenters. The Morgan fingerprint density at radius 1 is 0.196 bits per heavy atom. The fourth-order valence-electron chi connectivity index (χ4n) is 17.1. The summed E-state index contributed by atoms with van der Waals surface area (Å²) in [6.07, 6.45) is 0. The van der Waals surface area contributed by atoms with Crippen molar-refractivity contribution in [1.82, 2.24) is 29.9 Å². The van der Waals surface area contributed by atoms with E-state index < -0.39 is 10.8 Å². The van der Waals surface area contributed by atoms with E-state index in [0.29, 0.717) is 40.7 Å². The number of hydrogen-bond acceptors (Lipinski definition) is 8. The molecule has 21 rings (SSSR count). The van der Waals surface area contributed by atoms with Gasteiger partial charge in [0.2, 0.25) is 0 Å². The maximum atomic E-state index is 7.34. The molecule has 0 saturated heterocycles. The standard InChI is InChI=1S/C94H56N6O2/c1-4-26-57(27-5-1)62-54-55-70(66-34-11-10-33-65(62)66)90-96-88(59-30-8-3-9-31-59)98-92(100-90)73-41-25-49-81-86(73)102-83-51-21-19-46-78(83)94(81)76-44-17-14-37-71(76)84-64(38-23-47-79(84)94)61-52-53-63-60(56-61)32-22-39-69(63)89-95-87(58-28-6-2-7-29-58)97-91(99-89)72-40-24-48-80-85(72)101-82-50-20-18-45-77(82)93(80)74-42-15-12-35-67(74)68-36-13-16-43-75(68)93/h1-56H. The van der Waals surface area contributed by atoms with Crippen LogP contribution in [0.5, 0.6) is 23.0 Å². The zero-order chi connectivity index (χ0) is 67.0. The fourth-order valence-corrected chi connectivity index (χ4v) is 17.1. The fraction of sp³-hybridized carbons (Fsp3) is 0.0213. The van der Waals surface area contributed by atoms with Gasteiger partial charge in [0, 0.05) is 44.5 Å². The Morgan fingerprint density at radius 3 is 1.12 bits per heavy atom. The molecule has 4 heterocycles. The lowest BCUT2D eigenvalue weighted by Gasteiger charge is -2.40. The second kappa shape index (κ2) is 22.5. The SMILES string of the molecule is c1ccc(-c2nc(-c3cccc4c3Oc3ccccc3C43c4ccccc4-c4ccccc43)nc(-c3cccc4cc(-c5cccc6c5-c5ccccc5C65c6ccccc6Oc6c(-c7nc(-c8ccccc8)nc(-c8ccc(-c9ccccc9)c9ccccc89)n7)cccc65)ccc34)n2)cc1. The van der Waals surface area contributed by atoms with Crippen molar-refractivity contribution >= 4 is 21.5 Å². The maximum Gasteiger partial charge on any atom is 0.167 e. The number of benzene rings is 15. The highest BCUT2D eigenvalue weighted by Gasteiger charge is 2.54. The molecule has 0 saturated carbocycles. The Hall–Kier alpha value is -13.6. The zero-order valence-electron chi connectivity index (χ0n) is 54.8. The molecule has 2 aliphatic carbocycles. The van der Waals surface area contributed by atoms with Gasteiger partial charge in [0.25, 0.3) is 0 Å². The molecule has 2 aliphatic heterocycles. The lowest BCUT2D eigenvalue weighted by molar-refractivity contribution is 0.437. The topological polar surface area (TPSA) is 95.8 Å². The molecule has 0 radical (unpaired) electrons. The summed E-state index contributed by atoms with van der Waals surface area (Å²) in [4.78, 5) is 32.4. The number of ether oxygens (including phenoxy) is 2. The summed E-state index contributed by atoms with van der Waals surface area (Å²) >= 11 is 0. The van der Waals surface area contributed by atoms with Crippen molar-refractivity contribution in [2.75, 3.05) is 0 Å². The molecule has 15 aromatic carbocycles. The van der Waals surface area contributed by atoms with Gasteiger partial charge in [0.1, 0.15) is 23.0 Å². The van der Waals surface area contributed by atoms with Crippen molar-refractivity contribution in [3.05, 3.63) is 384 Å². The second-order valence-corrected chi connectivity index (χ2v) is 26.6. The molecule has 0 amide bonds. The van der Waals surface area contributed by atoms with Crippen LogP contribution in [0.15, 0.2) is 340 Å². The van der Waals surface area contributed by atoms with Crippen LogP contribution < -0.4 is 9.47 Å². The Kier molecular flexibility index (Phi) is 12.7. The molecule has 474 valence electrons. The zero-order valence-corrected chi connectivity index (χ0v) is 54.8. The van der Waals surface area contributed by atoms with Gasteiger partial charge in [-0.3, -0.25) is 0 Å². The molecule has 1 unspecified atom stereocenters. The first-order valence-corrected chi connectivity index (χ1v) is 34.6. The molecule has 17 aromatic rings. The molecule has 4 aliphatic rings. The minimum atomic E-state index is -0.820. The third-order valence-corrected chi connectivity index (χ3v) is 21.4. The van der Waals surface area contributed by atoms with Gasteiger partial charge in [-0.15, -0.1) is 0 Å². The highest BCUT2D eigenvalue weighted by molar-refractivity contribution is 6.05. The third-order valence-electron chi connectivity index (χ3n) is 21.4. The number of fused-ring (bicyclic) bond motifs is 20. The average Bonchev–Trinajstić information content (AvgIpc) is 1.50. The van der Waals surface area contributed by atoms with Crippen molar-refractivity contribution in [3.63, 3.8) is 0 Å². The van der Waals surface area contributed by atoms with Crippen LogP contribution in [-0.4, -0.2) is 29.9 Å². The van der Waals surface area contributed by atoms with Gasteiger partial charge < -0.3 is 9.47 Å². The van der Waals surface area contributed by atoms with Gasteiger partial charge in [-0.05, 0) is 125 Å². The molecular formula is C94H56N6O2. The van der Waals surface area contributed by atoms with Crippen LogP contribution >= 0.6 is 0 Å². The summed E-state index contributed by atoms with van der Waals surface area (Å²) in [6, 6.07) is 120. The highest BCUT2D eigenvalue weighted by atomic mass is 16.5. The minimum absolute atomic E-state index is 0.510. The van der Waals surface area contributed by atoms with Crippen molar-refractivity contribution in [3.8, 4) is 136 Å². The van der Waals surface area contributed by atoms with Crippen LogP contribution in [0.2, 0.25) is 0 Å². The lowest BCUT2D eigenvalue weighted by atomic mass is 9.65. The van der Waals surface area contributed by atoms with Gasteiger partial charge in [0.15, 0.2) is 34.9 Å². The van der Waals surface area contributed by atoms with E-state index in [9.17, 15) is 0 Å². The quantitative estimate of drug-likeness (QED) is 0.148. The summed E-state index contributed by atoms with van der Waals surface area (Å²) in [5.74, 6) is 6.26. The number of rotatable bonds is 8. The van der Waals surface area contributed by atoms with Crippen molar-refractivity contribution in [2.24, 2.45) is 0 Å². The average molecular weight is 1300 g/mol. The van der Waals surface area contributed by atoms with E-state index in [2.05, 4.69) is 303 Å². The van der Waals surface area contributed by atoms with Crippen LogP contribution in [0.1, 0.15) is 44.5 Å². The number of aromatic nitrogens is 6. The Morgan fingerprint density at radius 2 is 0.559 bits per heavy atom. The molecule has 8 nitrogen and oxygen atoms in total. The third kappa shape index (κ3) is 8.38. The first kappa shape index (κ1) is 57.5. The largest absolute Gasteiger partial charge is 0.456 e. The van der Waals surface area contributed by atoms with E-state index in [1.165, 1.54) is 22.3 Å². The molecule has 0 N–H and O–H groups in total. The number of para-hydroxylation sites is 4. The summed E-state index contributed by atoms with van der Waals surface area (Å²) < 4.78 is 14.5. The van der Waals surface area contributed by atoms with Crippen LogP contribution in [0.3, 0.4) is 0 Å². The molecule has 2 aromatic heterocycles. The van der Waals surface area contributed by atoms with E-state index in [1.54, 1.807) is 0 Å². The van der Waals surface area contributed by atoms with E-state index >= 15 is 0 Å². The summed E-state index contributed by atoms with van der Waals surface area (Å²) in [5, 5.41) is 4.21.